The first-order valence-corrected chi connectivity index (χ1v) is 10.1. The smallest absolute Gasteiger partial charge is 0.123 e. The summed E-state index contributed by atoms with van der Waals surface area (Å²) in [5.41, 5.74) is 2.52. The van der Waals surface area contributed by atoms with Gasteiger partial charge in [-0.05, 0) is 42.5 Å². The van der Waals surface area contributed by atoms with Gasteiger partial charge in [-0.25, -0.2) is 0 Å². The summed E-state index contributed by atoms with van der Waals surface area (Å²) in [6, 6.07) is 18.3. The van der Waals surface area contributed by atoms with Crippen LogP contribution >= 0.6 is 0 Å². The molecule has 1 saturated heterocycles. The van der Waals surface area contributed by atoms with Crippen molar-refractivity contribution in [1.29, 1.82) is 0 Å². The maximum absolute atomic E-state index is 5.57. The Hall–Kier alpha value is -2.04. The molecule has 144 valence electrons. The molecule has 0 bridgehead atoms. The quantitative estimate of drug-likeness (QED) is 0.809. The molecule has 2 aliphatic rings. The molecular weight excluding hydrogens is 336 g/mol. The zero-order valence-corrected chi connectivity index (χ0v) is 16.3. The Morgan fingerprint density at radius 3 is 2.59 bits per heavy atom. The van der Waals surface area contributed by atoms with Gasteiger partial charge in [0.05, 0.1) is 14.2 Å². The molecule has 2 fully saturated rings. The van der Waals surface area contributed by atoms with E-state index in [-0.39, 0.29) is 0 Å². The highest BCUT2D eigenvalue weighted by atomic mass is 16.5. The zero-order chi connectivity index (χ0) is 18.6. The fourth-order valence-corrected chi connectivity index (χ4v) is 4.86. The monoisotopic (exact) mass is 366 g/mol. The van der Waals surface area contributed by atoms with E-state index in [9.17, 15) is 0 Å². The van der Waals surface area contributed by atoms with Crippen LogP contribution in [0.3, 0.4) is 0 Å². The summed E-state index contributed by atoms with van der Waals surface area (Å²) in [6.07, 6.45) is 5.26. The highest BCUT2D eigenvalue weighted by Gasteiger charge is 2.43. The summed E-state index contributed by atoms with van der Waals surface area (Å²) < 4.78 is 11.0. The highest BCUT2D eigenvalue weighted by Crippen LogP contribution is 2.40. The number of ether oxygens (including phenoxy) is 2. The van der Waals surface area contributed by atoms with Gasteiger partial charge in [-0.3, -0.25) is 0 Å². The topological polar surface area (TPSA) is 42.5 Å². The van der Waals surface area contributed by atoms with E-state index in [1.54, 1.807) is 14.2 Å². The number of fused-ring (bicyclic) bond motifs is 1. The van der Waals surface area contributed by atoms with E-state index in [1.165, 1.54) is 31.2 Å². The van der Waals surface area contributed by atoms with Gasteiger partial charge < -0.3 is 20.1 Å². The van der Waals surface area contributed by atoms with Crippen LogP contribution in [0.25, 0.3) is 0 Å². The van der Waals surface area contributed by atoms with Crippen molar-refractivity contribution >= 4 is 0 Å². The Kier molecular flexibility index (Phi) is 5.65. The van der Waals surface area contributed by atoms with Gasteiger partial charge in [-0.2, -0.15) is 0 Å². The standard InChI is InChI=1S/C23H30N2O2/c1-26-18-12-13-21(27-2)17(14-18)15-24-23-19-10-6-7-11-20(19)25-22(23)16-8-4-3-5-9-16/h3-5,8-9,12-14,19-20,22-25H,6-7,10-11,15H2,1-2H3. The molecule has 0 radical (unpaired) electrons. The molecule has 4 nitrogen and oxygen atoms in total. The molecule has 4 rings (SSSR count). The minimum atomic E-state index is 0.357. The second-order valence-electron chi connectivity index (χ2n) is 7.69. The van der Waals surface area contributed by atoms with Crippen molar-refractivity contribution in [3.8, 4) is 11.5 Å². The second kappa shape index (κ2) is 8.32. The van der Waals surface area contributed by atoms with Gasteiger partial charge in [0.15, 0.2) is 0 Å². The predicted octanol–water partition coefficient (Wildman–Crippen LogP) is 4.07. The minimum Gasteiger partial charge on any atom is -0.497 e. The summed E-state index contributed by atoms with van der Waals surface area (Å²) in [5.74, 6) is 2.46. The Labute approximate surface area is 162 Å². The molecule has 0 amide bonds. The van der Waals surface area contributed by atoms with Crippen LogP contribution in [0, 0.1) is 5.92 Å². The van der Waals surface area contributed by atoms with E-state index < -0.39 is 0 Å². The summed E-state index contributed by atoms with van der Waals surface area (Å²) in [6.45, 7) is 0.777. The lowest BCUT2D eigenvalue weighted by atomic mass is 9.81. The van der Waals surface area contributed by atoms with Gasteiger partial charge in [-0.15, -0.1) is 0 Å². The molecule has 1 saturated carbocycles. The molecule has 4 atom stereocenters. The minimum absolute atomic E-state index is 0.357. The number of hydrogen-bond acceptors (Lipinski definition) is 4. The summed E-state index contributed by atoms with van der Waals surface area (Å²) in [4.78, 5) is 0. The SMILES string of the molecule is COc1ccc(OC)c(CNC2C(c3ccccc3)NC3CCCCC32)c1. The number of benzene rings is 2. The van der Waals surface area contributed by atoms with Crippen LogP contribution in [0.5, 0.6) is 11.5 Å². The van der Waals surface area contributed by atoms with Crippen LogP contribution in [0.15, 0.2) is 48.5 Å². The first kappa shape index (κ1) is 18.3. The number of methoxy groups -OCH3 is 2. The van der Waals surface area contributed by atoms with Crippen molar-refractivity contribution in [1.82, 2.24) is 10.6 Å². The van der Waals surface area contributed by atoms with Crippen molar-refractivity contribution < 1.29 is 9.47 Å². The molecule has 2 N–H and O–H groups in total. The first-order valence-electron chi connectivity index (χ1n) is 10.1. The Balaban J connectivity index is 1.56. The van der Waals surface area contributed by atoms with Crippen LogP contribution in [0.1, 0.15) is 42.9 Å². The molecule has 4 unspecified atom stereocenters. The third-order valence-corrected chi connectivity index (χ3v) is 6.21. The molecule has 2 aromatic carbocycles. The van der Waals surface area contributed by atoms with E-state index >= 15 is 0 Å². The lowest BCUT2D eigenvalue weighted by Gasteiger charge is -2.30. The first-order chi connectivity index (χ1) is 13.3. The number of hydrogen-bond donors (Lipinski definition) is 2. The summed E-state index contributed by atoms with van der Waals surface area (Å²) in [7, 11) is 3.43. The van der Waals surface area contributed by atoms with Crippen LogP contribution < -0.4 is 20.1 Å². The van der Waals surface area contributed by atoms with Crippen molar-refractivity contribution in [2.75, 3.05) is 14.2 Å². The molecule has 0 aromatic heterocycles. The lowest BCUT2D eigenvalue weighted by Crippen LogP contribution is -2.39. The van der Waals surface area contributed by atoms with Crippen LogP contribution in [0.4, 0.5) is 0 Å². The molecular formula is C23H30N2O2. The van der Waals surface area contributed by atoms with Gasteiger partial charge in [0, 0.05) is 30.2 Å². The van der Waals surface area contributed by atoms with Crippen molar-refractivity contribution in [2.24, 2.45) is 5.92 Å². The predicted molar refractivity (Wildman–Crippen MR) is 108 cm³/mol. The van der Waals surface area contributed by atoms with Gasteiger partial charge in [0.25, 0.3) is 0 Å². The van der Waals surface area contributed by atoms with Crippen molar-refractivity contribution in [3.05, 3.63) is 59.7 Å². The summed E-state index contributed by atoms with van der Waals surface area (Å²) >= 11 is 0. The van der Waals surface area contributed by atoms with Gasteiger partial charge >= 0.3 is 0 Å². The third-order valence-electron chi connectivity index (χ3n) is 6.21. The third kappa shape index (κ3) is 3.83. The largest absolute Gasteiger partial charge is 0.497 e. The van der Waals surface area contributed by atoms with E-state index in [1.807, 2.05) is 12.1 Å². The molecule has 0 spiro atoms. The van der Waals surface area contributed by atoms with E-state index in [0.29, 0.717) is 24.0 Å². The van der Waals surface area contributed by atoms with Crippen LogP contribution in [-0.2, 0) is 6.54 Å². The normalized spacial score (nSPS) is 27.2. The van der Waals surface area contributed by atoms with Crippen LogP contribution in [-0.4, -0.2) is 26.3 Å². The Morgan fingerprint density at radius 2 is 1.81 bits per heavy atom. The Bertz CT molecular complexity index is 749. The van der Waals surface area contributed by atoms with Gasteiger partial charge in [0.2, 0.25) is 0 Å². The lowest BCUT2D eigenvalue weighted by molar-refractivity contribution is 0.281. The second-order valence-corrected chi connectivity index (χ2v) is 7.69. The maximum atomic E-state index is 5.57. The zero-order valence-electron chi connectivity index (χ0n) is 16.3. The van der Waals surface area contributed by atoms with E-state index in [2.05, 4.69) is 47.0 Å². The number of rotatable bonds is 6. The molecule has 2 aromatic rings. The molecule has 1 aliphatic carbocycles. The average Bonchev–Trinajstić information content (AvgIpc) is 3.11. The van der Waals surface area contributed by atoms with E-state index in [0.717, 1.165) is 23.6 Å². The molecule has 1 heterocycles. The van der Waals surface area contributed by atoms with Gasteiger partial charge in [0.1, 0.15) is 11.5 Å². The van der Waals surface area contributed by atoms with E-state index in [4.69, 9.17) is 9.47 Å². The fourth-order valence-electron chi connectivity index (χ4n) is 4.86. The Morgan fingerprint density at radius 1 is 1.00 bits per heavy atom. The van der Waals surface area contributed by atoms with Crippen molar-refractivity contribution in [2.45, 2.75) is 50.4 Å². The fraction of sp³-hybridized carbons (Fsp3) is 0.478. The van der Waals surface area contributed by atoms with Crippen molar-refractivity contribution in [3.63, 3.8) is 0 Å². The van der Waals surface area contributed by atoms with Crippen LogP contribution in [0.2, 0.25) is 0 Å². The molecule has 4 heteroatoms. The van der Waals surface area contributed by atoms with Gasteiger partial charge in [-0.1, -0.05) is 43.2 Å². The maximum Gasteiger partial charge on any atom is 0.123 e. The molecule has 27 heavy (non-hydrogen) atoms. The summed E-state index contributed by atoms with van der Waals surface area (Å²) in [5, 5.41) is 7.80. The highest BCUT2D eigenvalue weighted by molar-refractivity contribution is 5.40. The average molecular weight is 367 g/mol. The number of nitrogens with one attached hydrogen (secondary N) is 2. The molecule has 1 aliphatic heterocycles.